The Bertz CT molecular complexity index is 133. The minimum absolute atomic E-state index is 0.0634. The molecule has 0 fully saturated rings. The number of aliphatic hydroxyl groups excluding tert-OH is 1. The van der Waals surface area contributed by atoms with Crippen molar-refractivity contribution in [3.05, 3.63) is 12.2 Å². The number of ether oxygens (including phenoxy) is 2. The molecule has 1 heterocycles. The van der Waals surface area contributed by atoms with Crippen LogP contribution in [-0.4, -0.2) is 30.7 Å². The van der Waals surface area contributed by atoms with Crippen molar-refractivity contribution < 1.29 is 14.6 Å². The third kappa shape index (κ3) is 2.61. The van der Waals surface area contributed by atoms with E-state index in [-0.39, 0.29) is 19.0 Å². The van der Waals surface area contributed by atoms with E-state index in [9.17, 15) is 0 Å². The van der Waals surface area contributed by atoms with Crippen LogP contribution in [0.1, 0.15) is 13.3 Å². The Morgan fingerprint density at radius 3 is 3.18 bits per heavy atom. The van der Waals surface area contributed by atoms with Crippen LogP contribution in [0.5, 0.6) is 0 Å². The van der Waals surface area contributed by atoms with Crippen LogP contribution in [0.25, 0.3) is 0 Å². The van der Waals surface area contributed by atoms with E-state index in [2.05, 4.69) is 0 Å². The first kappa shape index (κ1) is 8.71. The molecular weight excluding hydrogens is 144 g/mol. The lowest BCUT2D eigenvalue weighted by atomic mass is 10.2. The maximum atomic E-state index is 8.76. The van der Waals surface area contributed by atoms with Gasteiger partial charge in [0.15, 0.2) is 6.29 Å². The molecular formula is C8H14O3. The number of hydrogen-bond acceptors (Lipinski definition) is 3. The van der Waals surface area contributed by atoms with E-state index in [1.54, 1.807) is 0 Å². The van der Waals surface area contributed by atoms with E-state index >= 15 is 0 Å². The molecule has 0 radical (unpaired) electrons. The first-order valence-electron chi connectivity index (χ1n) is 3.91. The summed E-state index contributed by atoms with van der Waals surface area (Å²) >= 11 is 0. The molecule has 1 aliphatic heterocycles. The van der Waals surface area contributed by atoms with Gasteiger partial charge in [-0.05, 0) is 19.4 Å². The fourth-order valence-corrected chi connectivity index (χ4v) is 1.01. The van der Waals surface area contributed by atoms with Gasteiger partial charge in [0.25, 0.3) is 0 Å². The zero-order valence-corrected chi connectivity index (χ0v) is 6.69. The highest BCUT2D eigenvalue weighted by Crippen LogP contribution is 2.12. The second-order valence-electron chi connectivity index (χ2n) is 2.43. The van der Waals surface area contributed by atoms with Gasteiger partial charge in [-0.25, -0.2) is 0 Å². The van der Waals surface area contributed by atoms with Crippen LogP contribution in [0.2, 0.25) is 0 Å². The van der Waals surface area contributed by atoms with E-state index in [1.807, 2.05) is 19.1 Å². The molecule has 3 heteroatoms. The van der Waals surface area contributed by atoms with Crippen molar-refractivity contribution in [2.75, 3.05) is 13.2 Å². The summed E-state index contributed by atoms with van der Waals surface area (Å²) in [6, 6.07) is 0. The van der Waals surface area contributed by atoms with E-state index in [1.165, 1.54) is 0 Å². The average Bonchev–Trinajstić information content (AvgIpc) is 2.06. The standard InChI is InChI=1S/C8H14O3/c1-2-10-8-5-3-4-7(6-9)11-8/h3,5,7-9H,2,4,6H2,1H3/t7-,8-/m1/s1. The highest BCUT2D eigenvalue weighted by molar-refractivity contribution is 4.92. The van der Waals surface area contributed by atoms with Crippen molar-refractivity contribution in [3.8, 4) is 0 Å². The van der Waals surface area contributed by atoms with Crippen molar-refractivity contribution in [1.29, 1.82) is 0 Å². The van der Waals surface area contributed by atoms with Crippen molar-refractivity contribution in [2.45, 2.75) is 25.7 Å². The summed E-state index contributed by atoms with van der Waals surface area (Å²) in [5.41, 5.74) is 0. The van der Waals surface area contributed by atoms with Crippen LogP contribution in [0.3, 0.4) is 0 Å². The summed E-state index contributed by atoms with van der Waals surface area (Å²) in [4.78, 5) is 0. The van der Waals surface area contributed by atoms with E-state index in [0.717, 1.165) is 6.42 Å². The fourth-order valence-electron chi connectivity index (χ4n) is 1.01. The Balaban J connectivity index is 2.33. The minimum atomic E-state index is -0.258. The lowest BCUT2D eigenvalue weighted by Gasteiger charge is -2.23. The molecule has 0 aromatic rings. The normalized spacial score (nSPS) is 30.7. The summed E-state index contributed by atoms with van der Waals surface area (Å²) in [7, 11) is 0. The molecule has 0 unspecified atom stereocenters. The van der Waals surface area contributed by atoms with Gasteiger partial charge >= 0.3 is 0 Å². The first-order valence-corrected chi connectivity index (χ1v) is 3.91. The van der Waals surface area contributed by atoms with Crippen LogP contribution in [0, 0.1) is 0 Å². The quantitative estimate of drug-likeness (QED) is 0.614. The summed E-state index contributed by atoms with van der Waals surface area (Å²) < 4.78 is 10.5. The molecule has 3 nitrogen and oxygen atoms in total. The van der Waals surface area contributed by atoms with Crippen LogP contribution >= 0.6 is 0 Å². The first-order chi connectivity index (χ1) is 5.36. The van der Waals surface area contributed by atoms with E-state index < -0.39 is 0 Å². The maximum Gasteiger partial charge on any atom is 0.177 e. The smallest absolute Gasteiger partial charge is 0.177 e. The molecule has 0 saturated heterocycles. The Morgan fingerprint density at radius 1 is 1.73 bits per heavy atom. The molecule has 2 atom stereocenters. The highest BCUT2D eigenvalue weighted by atomic mass is 16.7. The monoisotopic (exact) mass is 158 g/mol. The zero-order chi connectivity index (χ0) is 8.10. The molecule has 1 N–H and O–H groups in total. The fraction of sp³-hybridized carbons (Fsp3) is 0.750. The van der Waals surface area contributed by atoms with Crippen molar-refractivity contribution in [1.82, 2.24) is 0 Å². The van der Waals surface area contributed by atoms with Gasteiger partial charge in [-0.3, -0.25) is 0 Å². The SMILES string of the molecule is CCO[C@H]1C=CC[C@H](CO)O1. The minimum Gasteiger partial charge on any atom is -0.394 e. The average molecular weight is 158 g/mol. The second kappa shape index (κ2) is 4.49. The van der Waals surface area contributed by atoms with Crippen molar-refractivity contribution in [2.24, 2.45) is 0 Å². The van der Waals surface area contributed by atoms with E-state index in [4.69, 9.17) is 14.6 Å². The molecule has 0 aromatic carbocycles. The molecule has 0 spiro atoms. The van der Waals surface area contributed by atoms with Crippen LogP contribution in [-0.2, 0) is 9.47 Å². The predicted octanol–water partition coefficient (Wildman–Crippen LogP) is 0.686. The third-order valence-corrected chi connectivity index (χ3v) is 1.55. The molecule has 64 valence electrons. The number of hydrogen-bond donors (Lipinski definition) is 1. The highest BCUT2D eigenvalue weighted by Gasteiger charge is 2.16. The molecule has 0 aliphatic carbocycles. The molecule has 1 aliphatic rings. The summed E-state index contributed by atoms with van der Waals surface area (Å²) in [6.07, 6.45) is 4.28. The molecule has 1 rings (SSSR count). The van der Waals surface area contributed by atoms with Crippen LogP contribution in [0.4, 0.5) is 0 Å². The van der Waals surface area contributed by atoms with Gasteiger partial charge in [-0.2, -0.15) is 0 Å². The van der Waals surface area contributed by atoms with Gasteiger partial charge in [0.05, 0.1) is 12.7 Å². The number of aliphatic hydroxyl groups is 1. The van der Waals surface area contributed by atoms with Gasteiger partial charge < -0.3 is 14.6 Å². The molecule has 0 bridgehead atoms. The predicted molar refractivity (Wildman–Crippen MR) is 41.1 cm³/mol. The zero-order valence-electron chi connectivity index (χ0n) is 6.69. The van der Waals surface area contributed by atoms with Gasteiger partial charge in [0.2, 0.25) is 0 Å². The second-order valence-corrected chi connectivity index (χ2v) is 2.43. The van der Waals surface area contributed by atoms with Crippen molar-refractivity contribution >= 4 is 0 Å². The molecule has 11 heavy (non-hydrogen) atoms. The topological polar surface area (TPSA) is 38.7 Å². The molecule has 0 amide bonds. The van der Waals surface area contributed by atoms with Gasteiger partial charge in [-0.15, -0.1) is 0 Å². The summed E-state index contributed by atoms with van der Waals surface area (Å²) in [5.74, 6) is 0. The molecule has 0 aromatic heterocycles. The Labute approximate surface area is 66.6 Å². The van der Waals surface area contributed by atoms with Gasteiger partial charge in [-0.1, -0.05) is 6.08 Å². The maximum absolute atomic E-state index is 8.76. The van der Waals surface area contributed by atoms with Gasteiger partial charge in [0, 0.05) is 6.61 Å². The molecule has 0 saturated carbocycles. The largest absolute Gasteiger partial charge is 0.394 e. The Kier molecular flexibility index (Phi) is 3.56. The van der Waals surface area contributed by atoms with Crippen molar-refractivity contribution in [3.63, 3.8) is 0 Å². The lowest BCUT2D eigenvalue weighted by molar-refractivity contribution is -0.154. The van der Waals surface area contributed by atoms with Crippen LogP contribution < -0.4 is 0 Å². The van der Waals surface area contributed by atoms with Gasteiger partial charge in [0.1, 0.15) is 0 Å². The lowest BCUT2D eigenvalue weighted by Crippen LogP contribution is -2.28. The summed E-state index contributed by atoms with van der Waals surface area (Å²) in [5, 5.41) is 8.76. The number of rotatable bonds is 3. The Hall–Kier alpha value is -0.380. The van der Waals surface area contributed by atoms with Crippen LogP contribution in [0.15, 0.2) is 12.2 Å². The third-order valence-electron chi connectivity index (χ3n) is 1.55. The van der Waals surface area contributed by atoms with E-state index in [0.29, 0.717) is 6.61 Å². The Morgan fingerprint density at radius 2 is 2.55 bits per heavy atom. The summed E-state index contributed by atoms with van der Waals surface area (Å²) in [6.45, 7) is 2.61.